The van der Waals surface area contributed by atoms with Gasteiger partial charge in [-0.25, -0.2) is 0 Å². The SMILES string of the molecule is N#Cc1c[nH]c(C(=O)NCC2(O)CCCCC2)c1. The molecule has 2 rings (SSSR count). The number of carbonyl (C=O) groups is 1. The summed E-state index contributed by atoms with van der Waals surface area (Å²) in [5, 5.41) is 21.6. The quantitative estimate of drug-likeness (QED) is 0.752. The zero-order chi connectivity index (χ0) is 13.0. The van der Waals surface area contributed by atoms with Gasteiger partial charge in [-0.2, -0.15) is 5.26 Å². The first-order valence-corrected chi connectivity index (χ1v) is 6.22. The van der Waals surface area contributed by atoms with Crippen molar-refractivity contribution in [1.82, 2.24) is 10.3 Å². The smallest absolute Gasteiger partial charge is 0.267 e. The number of nitrogens with one attached hydrogen (secondary N) is 2. The molecule has 0 atom stereocenters. The van der Waals surface area contributed by atoms with Crippen LogP contribution in [-0.4, -0.2) is 28.1 Å². The van der Waals surface area contributed by atoms with E-state index in [1.54, 1.807) is 0 Å². The molecule has 0 aliphatic heterocycles. The number of rotatable bonds is 3. The molecule has 1 heterocycles. The molecular formula is C13H17N3O2. The van der Waals surface area contributed by atoms with Crippen molar-refractivity contribution in [3.8, 4) is 6.07 Å². The van der Waals surface area contributed by atoms with Crippen LogP contribution < -0.4 is 5.32 Å². The van der Waals surface area contributed by atoms with Gasteiger partial charge in [0.25, 0.3) is 5.91 Å². The summed E-state index contributed by atoms with van der Waals surface area (Å²) in [5.41, 5.74) is 0.0148. The number of aromatic nitrogens is 1. The number of nitriles is 1. The fraction of sp³-hybridized carbons (Fsp3) is 0.538. The topological polar surface area (TPSA) is 88.9 Å². The molecule has 18 heavy (non-hydrogen) atoms. The highest BCUT2D eigenvalue weighted by Crippen LogP contribution is 2.27. The van der Waals surface area contributed by atoms with Gasteiger partial charge in [0, 0.05) is 12.7 Å². The van der Waals surface area contributed by atoms with Crippen LogP contribution in [0.4, 0.5) is 0 Å². The number of hydrogen-bond donors (Lipinski definition) is 3. The van der Waals surface area contributed by atoms with Gasteiger partial charge in [-0.15, -0.1) is 0 Å². The summed E-state index contributed by atoms with van der Waals surface area (Å²) < 4.78 is 0. The highest BCUT2D eigenvalue weighted by molar-refractivity contribution is 5.92. The number of aromatic amines is 1. The molecule has 0 saturated heterocycles. The summed E-state index contributed by atoms with van der Waals surface area (Å²) >= 11 is 0. The van der Waals surface area contributed by atoms with Crippen molar-refractivity contribution in [1.29, 1.82) is 5.26 Å². The average molecular weight is 247 g/mol. The third kappa shape index (κ3) is 2.90. The third-order valence-electron chi connectivity index (χ3n) is 3.42. The Morgan fingerprint density at radius 3 is 2.83 bits per heavy atom. The van der Waals surface area contributed by atoms with E-state index in [0.717, 1.165) is 32.1 Å². The van der Waals surface area contributed by atoms with Crippen LogP contribution in [0.1, 0.15) is 48.2 Å². The second-order valence-electron chi connectivity index (χ2n) is 4.88. The average Bonchev–Trinajstić information content (AvgIpc) is 2.86. The molecule has 1 fully saturated rings. The summed E-state index contributed by atoms with van der Waals surface area (Å²) in [5.74, 6) is -0.282. The normalized spacial score (nSPS) is 18.0. The molecule has 0 unspecified atom stereocenters. The van der Waals surface area contributed by atoms with E-state index in [1.807, 2.05) is 6.07 Å². The molecule has 0 spiro atoms. The Labute approximate surface area is 106 Å². The highest BCUT2D eigenvalue weighted by Gasteiger charge is 2.29. The maximum atomic E-state index is 11.8. The number of carbonyl (C=O) groups excluding carboxylic acids is 1. The largest absolute Gasteiger partial charge is 0.388 e. The zero-order valence-electron chi connectivity index (χ0n) is 10.2. The van der Waals surface area contributed by atoms with Gasteiger partial charge in [0.05, 0.1) is 11.2 Å². The molecule has 1 amide bonds. The van der Waals surface area contributed by atoms with E-state index in [2.05, 4.69) is 10.3 Å². The van der Waals surface area contributed by atoms with E-state index in [1.165, 1.54) is 12.3 Å². The van der Waals surface area contributed by atoms with E-state index in [9.17, 15) is 9.90 Å². The number of aliphatic hydroxyl groups is 1. The molecule has 5 heteroatoms. The predicted molar refractivity (Wildman–Crippen MR) is 65.9 cm³/mol. The predicted octanol–water partition coefficient (Wildman–Crippen LogP) is 1.31. The van der Waals surface area contributed by atoms with E-state index in [4.69, 9.17) is 5.26 Å². The molecule has 1 aromatic rings. The van der Waals surface area contributed by atoms with Crippen molar-refractivity contribution < 1.29 is 9.90 Å². The lowest BCUT2D eigenvalue weighted by molar-refractivity contribution is 0.00522. The van der Waals surface area contributed by atoms with Crippen LogP contribution in [0.15, 0.2) is 12.3 Å². The lowest BCUT2D eigenvalue weighted by Crippen LogP contribution is -2.44. The molecule has 5 nitrogen and oxygen atoms in total. The Morgan fingerprint density at radius 2 is 2.22 bits per heavy atom. The summed E-state index contributed by atoms with van der Waals surface area (Å²) in [4.78, 5) is 14.5. The zero-order valence-corrected chi connectivity index (χ0v) is 10.2. The standard InChI is InChI=1S/C13H17N3O2/c14-7-10-6-11(15-8-10)12(17)16-9-13(18)4-2-1-3-5-13/h6,8,15,18H,1-5,9H2,(H,16,17). The van der Waals surface area contributed by atoms with Gasteiger partial charge in [0.1, 0.15) is 11.8 Å². The fourth-order valence-electron chi connectivity index (χ4n) is 2.32. The van der Waals surface area contributed by atoms with Crippen molar-refractivity contribution in [3.63, 3.8) is 0 Å². The second-order valence-corrected chi connectivity index (χ2v) is 4.88. The Hall–Kier alpha value is -1.80. The second kappa shape index (κ2) is 5.23. The minimum Gasteiger partial charge on any atom is -0.388 e. The lowest BCUT2D eigenvalue weighted by Gasteiger charge is -2.32. The van der Waals surface area contributed by atoms with Gasteiger partial charge in [-0.3, -0.25) is 4.79 Å². The molecule has 0 bridgehead atoms. The molecule has 1 aromatic heterocycles. The number of H-pyrrole nitrogens is 1. The molecule has 0 aromatic carbocycles. The van der Waals surface area contributed by atoms with Gasteiger partial charge in [0.15, 0.2) is 0 Å². The van der Waals surface area contributed by atoms with Crippen LogP contribution in [-0.2, 0) is 0 Å². The number of nitrogens with zero attached hydrogens (tertiary/aromatic N) is 1. The Morgan fingerprint density at radius 1 is 1.50 bits per heavy atom. The third-order valence-corrected chi connectivity index (χ3v) is 3.42. The Kier molecular flexibility index (Phi) is 3.68. The molecule has 3 N–H and O–H groups in total. The van der Waals surface area contributed by atoms with Gasteiger partial charge in [-0.05, 0) is 18.9 Å². The van der Waals surface area contributed by atoms with Crippen molar-refractivity contribution in [2.45, 2.75) is 37.7 Å². The molecular weight excluding hydrogens is 230 g/mol. The highest BCUT2D eigenvalue weighted by atomic mass is 16.3. The van der Waals surface area contributed by atoms with E-state index in [-0.39, 0.29) is 12.5 Å². The molecule has 1 saturated carbocycles. The van der Waals surface area contributed by atoms with Crippen LogP contribution in [0.5, 0.6) is 0 Å². The fourth-order valence-corrected chi connectivity index (χ4v) is 2.32. The van der Waals surface area contributed by atoms with Crippen LogP contribution in [0.25, 0.3) is 0 Å². The van der Waals surface area contributed by atoms with Crippen LogP contribution in [0.3, 0.4) is 0 Å². The van der Waals surface area contributed by atoms with Gasteiger partial charge in [-0.1, -0.05) is 19.3 Å². The maximum absolute atomic E-state index is 11.8. The van der Waals surface area contributed by atoms with Crippen LogP contribution in [0.2, 0.25) is 0 Å². The molecule has 1 aliphatic carbocycles. The lowest BCUT2D eigenvalue weighted by atomic mass is 9.85. The van der Waals surface area contributed by atoms with Crippen LogP contribution >= 0.6 is 0 Å². The molecule has 96 valence electrons. The maximum Gasteiger partial charge on any atom is 0.267 e. The number of amides is 1. The summed E-state index contributed by atoms with van der Waals surface area (Å²) in [6.45, 7) is 0.271. The van der Waals surface area contributed by atoms with Crippen molar-refractivity contribution in [2.24, 2.45) is 0 Å². The van der Waals surface area contributed by atoms with Crippen LogP contribution in [0, 0.1) is 11.3 Å². The first-order chi connectivity index (χ1) is 8.63. The van der Waals surface area contributed by atoms with Crippen molar-refractivity contribution >= 4 is 5.91 Å². The van der Waals surface area contributed by atoms with Gasteiger partial charge < -0.3 is 15.4 Å². The van der Waals surface area contributed by atoms with Gasteiger partial charge >= 0.3 is 0 Å². The minimum atomic E-state index is -0.765. The van der Waals surface area contributed by atoms with Crippen molar-refractivity contribution in [2.75, 3.05) is 6.54 Å². The molecule has 0 radical (unpaired) electrons. The summed E-state index contributed by atoms with van der Waals surface area (Å²) in [7, 11) is 0. The molecule has 1 aliphatic rings. The summed E-state index contributed by atoms with van der Waals surface area (Å²) in [6, 6.07) is 3.45. The first kappa shape index (κ1) is 12.7. The van der Waals surface area contributed by atoms with E-state index < -0.39 is 5.60 Å². The van der Waals surface area contributed by atoms with Gasteiger partial charge in [0.2, 0.25) is 0 Å². The minimum absolute atomic E-state index is 0.271. The Bertz CT molecular complexity index is 467. The van der Waals surface area contributed by atoms with Crippen molar-refractivity contribution in [3.05, 3.63) is 23.5 Å². The number of hydrogen-bond acceptors (Lipinski definition) is 3. The summed E-state index contributed by atoms with van der Waals surface area (Å²) in [6.07, 6.45) is 6.13. The van der Waals surface area contributed by atoms with E-state index >= 15 is 0 Å². The monoisotopic (exact) mass is 247 g/mol. The van der Waals surface area contributed by atoms with E-state index in [0.29, 0.717) is 11.3 Å². The first-order valence-electron chi connectivity index (χ1n) is 6.22. The Balaban J connectivity index is 1.90.